The number of rotatable bonds is 3. The molecule has 1 aromatic carbocycles. The van der Waals surface area contributed by atoms with Crippen molar-refractivity contribution in [2.24, 2.45) is 5.73 Å². The molecule has 0 fully saturated rings. The summed E-state index contributed by atoms with van der Waals surface area (Å²) < 4.78 is 36.6. The summed E-state index contributed by atoms with van der Waals surface area (Å²) in [5.41, 5.74) is 6.85. The minimum atomic E-state index is -3.02. The van der Waals surface area contributed by atoms with Crippen LogP contribution < -0.4 is 10.1 Å². The average molecular weight is 307 g/mol. The Morgan fingerprint density at radius 3 is 2.44 bits per heavy atom. The van der Waals surface area contributed by atoms with Gasteiger partial charge in [0.1, 0.15) is 0 Å². The van der Waals surface area contributed by atoms with Crippen molar-refractivity contribution in [2.45, 2.75) is 19.9 Å². The van der Waals surface area contributed by atoms with Gasteiger partial charge in [-0.05, 0) is 0 Å². The zero-order chi connectivity index (χ0) is 12.5. The van der Waals surface area contributed by atoms with Gasteiger partial charge in [0.15, 0.2) is 0 Å². The Bertz CT molecular complexity index is 500. The van der Waals surface area contributed by atoms with E-state index in [-0.39, 0.29) is 6.04 Å². The van der Waals surface area contributed by atoms with Gasteiger partial charge in [0.2, 0.25) is 0 Å². The molecule has 2 N–H and O–H groups in total. The van der Waals surface area contributed by atoms with Crippen molar-refractivity contribution in [1.29, 1.82) is 0 Å². The summed E-state index contributed by atoms with van der Waals surface area (Å²) in [4.78, 5) is 0. The van der Waals surface area contributed by atoms with Crippen molar-refractivity contribution in [3.63, 3.8) is 0 Å². The molecule has 3 nitrogen and oxygen atoms in total. The van der Waals surface area contributed by atoms with E-state index in [1.807, 2.05) is 0 Å². The third kappa shape index (κ3) is 3.58. The molecule has 1 unspecified atom stereocenters. The van der Waals surface area contributed by atoms with Gasteiger partial charge in [-0.1, -0.05) is 0 Å². The first-order valence-electron chi connectivity index (χ1n) is 4.74. The van der Waals surface area contributed by atoms with Crippen LogP contribution in [0.25, 0.3) is 0 Å². The van der Waals surface area contributed by atoms with Gasteiger partial charge in [-0.2, -0.15) is 0 Å². The van der Waals surface area contributed by atoms with E-state index in [0.29, 0.717) is 9.91 Å². The first kappa shape index (κ1) is 13.7. The van der Waals surface area contributed by atoms with Crippen molar-refractivity contribution < 1.29 is 12.8 Å². The second-order valence-electron chi connectivity index (χ2n) is 3.85. The first-order chi connectivity index (χ1) is 7.20. The molecule has 16 heavy (non-hydrogen) atoms. The summed E-state index contributed by atoms with van der Waals surface area (Å²) in [5.74, 6) is -0.414. The summed E-state index contributed by atoms with van der Waals surface area (Å²) in [5, 5.41) is 0. The first-order valence-corrected chi connectivity index (χ1v) is 10.2. The van der Waals surface area contributed by atoms with E-state index in [0.717, 1.165) is 5.56 Å². The molecule has 90 valence electrons. The van der Waals surface area contributed by atoms with E-state index < -0.39 is 28.5 Å². The second-order valence-corrected chi connectivity index (χ2v) is 12.7. The predicted octanol–water partition coefficient (Wildman–Crippen LogP) is 0.175. The molecular formula is C10H15AsFNO2S. The molecule has 1 aromatic rings. The van der Waals surface area contributed by atoms with Crippen molar-refractivity contribution in [1.82, 2.24) is 0 Å². The summed E-state index contributed by atoms with van der Waals surface area (Å²) in [6, 6.07) is 2.57. The van der Waals surface area contributed by atoms with Crippen LogP contribution in [0.5, 0.6) is 0 Å². The molecule has 0 heterocycles. The van der Waals surface area contributed by atoms with E-state index in [4.69, 9.17) is 5.73 Å². The van der Waals surface area contributed by atoms with Crippen molar-refractivity contribution in [3.05, 3.63) is 29.1 Å². The number of aryl methyl sites for hydroxylation is 1. The summed E-state index contributed by atoms with van der Waals surface area (Å²) in [6.45, 7) is 3.49. The fraction of sp³-hybridized carbons (Fsp3) is 0.400. The molecule has 0 aromatic heterocycles. The third-order valence-corrected chi connectivity index (χ3v) is 7.57. The monoisotopic (exact) mass is 307 g/mol. The van der Waals surface area contributed by atoms with Crippen molar-refractivity contribution in [3.8, 4) is 0 Å². The van der Waals surface area contributed by atoms with E-state index >= 15 is 0 Å². The Balaban J connectivity index is 3.21. The van der Waals surface area contributed by atoms with Crippen LogP contribution in [0, 0.1) is 12.7 Å². The maximum atomic E-state index is 13.6. The van der Waals surface area contributed by atoms with E-state index in [9.17, 15) is 12.8 Å². The summed E-state index contributed by atoms with van der Waals surface area (Å²) in [6.07, 6.45) is 1.18. The molecule has 0 amide bonds. The Labute approximate surface area is 101 Å². The normalized spacial score (nSPS) is 14.6. The van der Waals surface area contributed by atoms with Gasteiger partial charge in [-0.15, -0.1) is 0 Å². The van der Waals surface area contributed by atoms with Gasteiger partial charge in [0, 0.05) is 0 Å². The van der Waals surface area contributed by atoms with Crippen LogP contribution in [-0.4, -0.2) is 29.3 Å². The second kappa shape index (κ2) is 4.86. The predicted molar refractivity (Wildman–Crippen MR) is 65.4 cm³/mol. The van der Waals surface area contributed by atoms with Gasteiger partial charge in [-0.3, -0.25) is 0 Å². The van der Waals surface area contributed by atoms with Crippen LogP contribution in [-0.2, 0) is 8.10 Å². The maximum absolute atomic E-state index is 13.6. The van der Waals surface area contributed by atoms with Gasteiger partial charge in [0.05, 0.1) is 0 Å². The molecule has 0 aliphatic rings. The summed E-state index contributed by atoms with van der Waals surface area (Å²) >= 11 is -1.34. The number of hydrogen-bond acceptors (Lipinski definition) is 3. The molecular weight excluding hydrogens is 292 g/mol. The third-order valence-electron chi connectivity index (χ3n) is 2.13. The standard InChI is InChI=1S/C10H15AsFNO2S/c1-6-4-8(7(2)13)10(12)5-9(6)11-16(3,14)15/h4-5,7,11H,13H2,1-3H3/t7-/m1/s1. The van der Waals surface area contributed by atoms with Gasteiger partial charge in [0.25, 0.3) is 0 Å². The minimum absolute atomic E-state index is 0.383. The molecule has 2 atom stereocenters. The van der Waals surface area contributed by atoms with Crippen LogP contribution >= 0.6 is 0 Å². The SMILES string of the molecule is Cc1cc([C@@H](C)N)c(F)cc1[AsH]S(C)(=O)=O. The molecule has 0 saturated carbocycles. The number of benzene rings is 1. The Morgan fingerprint density at radius 1 is 1.44 bits per heavy atom. The Hall–Kier alpha value is -0.382. The van der Waals surface area contributed by atoms with Gasteiger partial charge in [-0.25, -0.2) is 0 Å². The quantitative estimate of drug-likeness (QED) is 0.810. The van der Waals surface area contributed by atoms with Crippen LogP contribution in [0.2, 0.25) is 0 Å². The van der Waals surface area contributed by atoms with Crippen LogP contribution in [0.15, 0.2) is 12.1 Å². The summed E-state index contributed by atoms with van der Waals surface area (Å²) in [7, 11) is -3.02. The molecule has 0 aliphatic heterocycles. The van der Waals surface area contributed by atoms with E-state index in [1.165, 1.54) is 12.3 Å². The van der Waals surface area contributed by atoms with Crippen molar-refractivity contribution in [2.75, 3.05) is 6.26 Å². The number of nitrogens with two attached hydrogens (primary N) is 1. The molecule has 0 spiro atoms. The number of hydrogen-bond donors (Lipinski definition) is 1. The topological polar surface area (TPSA) is 60.2 Å². The molecule has 1 rings (SSSR count). The van der Waals surface area contributed by atoms with E-state index in [2.05, 4.69) is 0 Å². The molecule has 6 heteroatoms. The number of halogens is 1. The fourth-order valence-electron chi connectivity index (χ4n) is 1.36. The Kier molecular flexibility index (Phi) is 4.16. The average Bonchev–Trinajstić information content (AvgIpc) is 2.07. The van der Waals surface area contributed by atoms with E-state index in [1.54, 1.807) is 19.9 Å². The van der Waals surface area contributed by atoms with Gasteiger partial charge < -0.3 is 0 Å². The van der Waals surface area contributed by atoms with Crippen LogP contribution in [0.3, 0.4) is 0 Å². The molecule has 0 bridgehead atoms. The zero-order valence-electron chi connectivity index (χ0n) is 9.41. The fourth-order valence-corrected chi connectivity index (χ4v) is 6.30. The molecule has 0 radical (unpaired) electrons. The van der Waals surface area contributed by atoms with Crippen molar-refractivity contribution >= 4 is 27.0 Å². The van der Waals surface area contributed by atoms with Crippen LogP contribution in [0.1, 0.15) is 24.1 Å². The zero-order valence-corrected chi connectivity index (χ0v) is 12.3. The Morgan fingerprint density at radius 2 is 2.00 bits per heavy atom. The molecule has 0 aliphatic carbocycles. The van der Waals surface area contributed by atoms with Gasteiger partial charge >= 0.3 is 101 Å². The van der Waals surface area contributed by atoms with Crippen LogP contribution in [0.4, 0.5) is 4.39 Å². The molecule has 0 saturated heterocycles.